The molecule has 0 unspecified atom stereocenters. The SMILES string of the molecule is COC(=O)c1c(-c2ccc(N(C)C)cc2)c(C)n2ccccc12. The topological polar surface area (TPSA) is 34.0 Å². The predicted octanol–water partition coefficient (Wildman–Crippen LogP) is 3.77. The first-order valence-electron chi connectivity index (χ1n) is 7.50. The van der Waals surface area contributed by atoms with Crippen LogP contribution in [-0.2, 0) is 4.74 Å². The molecule has 0 N–H and O–H groups in total. The van der Waals surface area contributed by atoms with Crippen LogP contribution in [0, 0.1) is 6.92 Å². The van der Waals surface area contributed by atoms with Crippen LogP contribution >= 0.6 is 0 Å². The molecule has 4 nitrogen and oxygen atoms in total. The number of hydrogen-bond donors (Lipinski definition) is 0. The molecule has 118 valence electrons. The molecule has 1 aromatic carbocycles. The molecule has 2 heterocycles. The second kappa shape index (κ2) is 5.80. The van der Waals surface area contributed by atoms with E-state index < -0.39 is 0 Å². The molecule has 0 saturated heterocycles. The summed E-state index contributed by atoms with van der Waals surface area (Å²) in [5.74, 6) is -0.312. The van der Waals surface area contributed by atoms with E-state index in [-0.39, 0.29) is 5.97 Å². The summed E-state index contributed by atoms with van der Waals surface area (Å²) in [7, 11) is 5.43. The fraction of sp³-hybridized carbons (Fsp3) is 0.211. The van der Waals surface area contributed by atoms with Crippen LogP contribution in [0.15, 0.2) is 48.7 Å². The normalized spacial score (nSPS) is 10.8. The first kappa shape index (κ1) is 15.2. The monoisotopic (exact) mass is 308 g/mol. The lowest BCUT2D eigenvalue weighted by Crippen LogP contribution is -2.08. The maximum Gasteiger partial charge on any atom is 0.340 e. The number of carbonyl (C=O) groups excluding carboxylic acids is 1. The zero-order valence-electron chi connectivity index (χ0n) is 13.8. The number of aryl methyl sites for hydroxylation is 1. The Morgan fingerprint density at radius 2 is 1.78 bits per heavy atom. The van der Waals surface area contributed by atoms with Crippen LogP contribution < -0.4 is 4.90 Å². The maximum absolute atomic E-state index is 12.4. The van der Waals surface area contributed by atoms with E-state index in [2.05, 4.69) is 12.1 Å². The molecule has 4 heteroatoms. The van der Waals surface area contributed by atoms with E-state index in [1.807, 2.05) is 66.8 Å². The molecule has 0 spiro atoms. The summed E-state index contributed by atoms with van der Waals surface area (Å²) in [6.07, 6.45) is 1.97. The number of nitrogens with zero attached hydrogens (tertiary/aromatic N) is 2. The van der Waals surface area contributed by atoms with Crippen molar-refractivity contribution in [3.8, 4) is 11.1 Å². The number of methoxy groups -OCH3 is 1. The molecule has 3 rings (SSSR count). The fourth-order valence-corrected chi connectivity index (χ4v) is 2.96. The van der Waals surface area contributed by atoms with Gasteiger partial charge in [0.05, 0.1) is 18.2 Å². The fourth-order valence-electron chi connectivity index (χ4n) is 2.96. The summed E-state index contributed by atoms with van der Waals surface area (Å²) < 4.78 is 7.05. The molecule has 23 heavy (non-hydrogen) atoms. The molecule has 0 atom stereocenters. The highest BCUT2D eigenvalue weighted by molar-refractivity contribution is 6.05. The number of carbonyl (C=O) groups is 1. The highest BCUT2D eigenvalue weighted by Crippen LogP contribution is 2.34. The summed E-state index contributed by atoms with van der Waals surface area (Å²) in [5.41, 5.74) is 5.56. The van der Waals surface area contributed by atoms with E-state index in [0.29, 0.717) is 5.56 Å². The van der Waals surface area contributed by atoms with Gasteiger partial charge in [0.25, 0.3) is 0 Å². The van der Waals surface area contributed by atoms with Gasteiger partial charge in [-0.1, -0.05) is 18.2 Å². The molecule has 0 amide bonds. The average molecular weight is 308 g/mol. The van der Waals surface area contributed by atoms with Crippen LogP contribution in [0.4, 0.5) is 5.69 Å². The zero-order valence-corrected chi connectivity index (χ0v) is 13.8. The summed E-state index contributed by atoms with van der Waals surface area (Å²) in [6, 6.07) is 14.0. The van der Waals surface area contributed by atoms with Gasteiger partial charge < -0.3 is 14.0 Å². The van der Waals surface area contributed by atoms with Gasteiger partial charge in [0.2, 0.25) is 0 Å². The Morgan fingerprint density at radius 1 is 1.09 bits per heavy atom. The van der Waals surface area contributed by atoms with Gasteiger partial charge in [-0.05, 0) is 36.8 Å². The van der Waals surface area contributed by atoms with Crippen LogP contribution in [0.5, 0.6) is 0 Å². The minimum Gasteiger partial charge on any atom is -0.465 e. The van der Waals surface area contributed by atoms with Crippen molar-refractivity contribution in [3.63, 3.8) is 0 Å². The van der Waals surface area contributed by atoms with Crippen molar-refractivity contribution in [2.24, 2.45) is 0 Å². The Kier molecular flexibility index (Phi) is 3.82. The van der Waals surface area contributed by atoms with Crippen molar-refractivity contribution in [3.05, 3.63) is 59.9 Å². The predicted molar refractivity (Wildman–Crippen MR) is 93.2 cm³/mol. The number of fused-ring (bicyclic) bond motifs is 1. The minimum atomic E-state index is -0.312. The van der Waals surface area contributed by atoms with E-state index >= 15 is 0 Å². The molecule has 0 saturated carbocycles. The molecule has 0 fully saturated rings. The molecule has 0 radical (unpaired) electrons. The van der Waals surface area contributed by atoms with Crippen molar-refractivity contribution >= 4 is 17.2 Å². The third-order valence-electron chi connectivity index (χ3n) is 4.15. The van der Waals surface area contributed by atoms with Crippen molar-refractivity contribution in [1.29, 1.82) is 0 Å². The van der Waals surface area contributed by atoms with E-state index in [1.165, 1.54) is 7.11 Å². The molecule has 0 aliphatic heterocycles. The largest absolute Gasteiger partial charge is 0.465 e. The Balaban J connectivity index is 2.27. The van der Waals surface area contributed by atoms with E-state index in [9.17, 15) is 4.79 Å². The lowest BCUT2D eigenvalue weighted by Gasteiger charge is -2.13. The molecular weight excluding hydrogens is 288 g/mol. The molecule has 0 aliphatic carbocycles. The second-order valence-electron chi connectivity index (χ2n) is 5.72. The standard InChI is InChI=1S/C19H20N2O2/c1-13-17(14-8-10-15(11-9-14)20(2)3)18(19(22)23-4)16-7-5-6-12-21(13)16/h5-12H,1-4H3. The van der Waals surface area contributed by atoms with Gasteiger partial charge in [-0.15, -0.1) is 0 Å². The van der Waals surface area contributed by atoms with Crippen LogP contribution in [0.1, 0.15) is 16.1 Å². The molecule has 2 aromatic heterocycles. The Hall–Kier alpha value is -2.75. The van der Waals surface area contributed by atoms with E-state index in [4.69, 9.17) is 4.74 Å². The summed E-state index contributed by atoms with van der Waals surface area (Å²) in [4.78, 5) is 14.4. The zero-order chi connectivity index (χ0) is 16.6. The number of hydrogen-bond acceptors (Lipinski definition) is 3. The van der Waals surface area contributed by atoms with Gasteiger partial charge in [-0.25, -0.2) is 4.79 Å². The lowest BCUT2D eigenvalue weighted by atomic mass is 10.0. The number of benzene rings is 1. The van der Waals surface area contributed by atoms with Crippen LogP contribution in [0.25, 0.3) is 16.6 Å². The number of ether oxygens (including phenoxy) is 1. The van der Waals surface area contributed by atoms with E-state index in [0.717, 1.165) is 28.0 Å². The first-order chi connectivity index (χ1) is 11.0. The van der Waals surface area contributed by atoms with Gasteiger partial charge >= 0.3 is 5.97 Å². The Morgan fingerprint density at radius 3 is 2.39 bits per heavy atom. The summed E-state index contributed by atoms with van der Waals surface area (Å²) in [5, 5.41) is 0. The van der Waals surface area contributed by atoms with E-state index in [1.54, 1.807) is 0 Å². The number of pyridine rings is 1. The third-order valence-corrected chi connectivity index (χ3v) is 4.15. The van der Waals surface area contributed by atoms with Gasteiger partial charge in [0, 0.05) is 37.2 Å². The average Bonchev–Trinajstić information content (AvgIpc) is 2.87. The Labute approximate surface area is 135 Å². The molecular formula is C19H20N2O2. The quantitative estimate of drug-likeness (QED) is 0.691. The third kappa shape index (κ3) is 2.46. The van der Waals surface area contributed by atoms with Crippen molar-refractivity contribution in [2.75, 3.05) is 26.1 Å². The minimum absolute atomic E-state index is 0.312. The van der Waals surface area contributed by atoms with Crippen LogP contribution in [0.2, 0.25) is 0 Å². The van der Waals surface area contributed by atoms with Crippen molar-refractivity contribution in [2.45, 2.75) is 6.92 Å². The first-order valence-corrected chi connectivity index (χ1v) is 7.50. The van der Waals surface area contributed by atoms with Gasteiger partial charge in [-0.2, -0.15) is 0 Å². The number of aromatic nitrogens is 1. The smallest absolute Gasteiger partial charge is 0.340 e. The highest BCUT2D eigenvalue weighted by atomic mass is 16.5. The number of anilines is 1. The summed E-state index contributed by atoms with van der Waals surface area (Å²) in [6.45, 7) is 2.02. The van der Waals surface area contributed by atoms with Crippen LogP contribution in [-0.4, -0.2) is 31.6 Å². The van der Waals surface area contributed by atoms with Gasteiger partial charge in [-0.3, -0.25) is 0 Å². The van der Waals surface area contributed by atoms with Crippen molar-refractivity contribution in [1.82, 2.24) is 4.40 Å². The lowest BCUT2D eigenvalue weighted by molar-refractivity contribution is 0.0604. The van der Waals surface area contributed by atoms with Crippen LogP contribution in [0.3, 0.4) is 0 Å². The number of rotatable bonds is 3. The second-order valence-corrected chi connectivity index (χ2v) is 5.72. The maximum atomic E-state index is 12.4. The van der Waals surface area contributed by atoms with Crippen molar-refractivity contribution < 1.29 is 9.53 Å². The summed E-state index contributed by atoms with van der Waals surface area (Å²) >= 11 is 0. The number of esters is 1. The molecule has 0 bridgehead atoms. The Bertz CT molecular complexity index is 861. The molecule has 0 aliphatic rings. The highest BCUT2D eigenvalue weighted by Gasteiger charge is 2.22. The van der Waals surface area contributed by atoms with Gasteiger partial charge in [0.1, 0.15) is 0 Å². The van der Waals surface area contributed by atoms with Gasteiger partial charge in [0.15, 0.2) is 0 Å². The molecule has 3 aromatic rings.